The first-order chi connectivity index (χ1) is 17.1. The highest BCUT2D eigenvalue weighted by molar-refractivity contribution is 6.31. The van der Waals surface area contributed by atoms with Crippen molar-refractivity contribution in [2.45, 2.75) is 24.7 Å². The Morgan fingerprint density at radius 2 is 1.50 bits per heavy atom. The molecule has 0 radical (unpaired) electrons. The molecule has 0 aliphatic heterocycles. The number of halogens is 7. The highest BCUT2D eigenvalue weighted by Gasteiger charge is 2.39. The van der Waals surface area contributed by atoms with E-state index in [4.69, 9.17) is 23.2 Å². The topological polar surface area (TPSA) is 24.9 Å². The molecule has 36 heavy (non-hydrogen) atoms. The first-order valence-corrected chi connectivity index (χ1v) is 11.6. The SMILES string of the molecule is Fc1cc(C(F)(F)F)cc(C(Cc2ccccc2)(NCc2cc(F)ccc2Cl)c2ccc(Cl)cn2)c1. The zero-order valence-electron chi connectivity index (χ0n) is 18.6. The third-order valence-corrected chi connectivity index (χ3v) is 6.38. The number of benzene rings is 3. The van der Waals surface area contributed by atoms with Crippen LogP contribution < -0.4 is 5.32 Å². The minimum absolute atomic E-state index is 0.0129. The number of hydrogen-bond acceptors (Lipinski definition) is 2. The van der Waals surface area contributed by atoms with Crippen LogP contribution in [0.25, 0.3) is 0 Å². The summed E-state index contributed by atoms with van der Waals surface area (Å²) in [5, 5.41) is 3.81. The van der Waals surface area contributed by atoms with Gasteiger partial charge < -0.3 is 0 Å². The number of hydrogen-bond donors (Lipinski definition) is 1. The van der Waals surface area contributed by atoms with Crippen molar-refractivity contribution in [3.8, 4) is 0 Å². The van der Waals surface area contributed by atoms with Gasteiger partial charge in [-0.25, -0.2) is 8.78 Å². The van der Waals surface area contributed by atoms with E-state index in [1.54, 1.807) is 42.5 Å². The molecule has 0 aliphatic carbocycles. The summed E-state index contributed by atoms with van der Waals surface area (Å²) in [7, 11) is 0. The van der Waals surface area contributed by atoms with Crippen LogP contribution in [0.1, 0.15) is 27.9 Å². The highest BCUT2D eigenvalue weighted by atomic mass is 35.5. The number of nitrogens with zero attached hydrogens (tertiary/aromatic N) is 1. The zero-order valence-corrected chi connectivity index (χ0v) is 20.1. The van der Waals surface area contributed by atoms with Crippen LogP contribution in [0.5, 0.6) is 0 Å². The van der Waals surface area contributed by atoms with E-state index in [0.717, 1.165) is 17.7 Å². The standard InChI is InChI=1S/C27H19Cl2F5N2/c28-21-6-9-25(35-16-21)26(14-17-4-2-1-3-5-17,36-15-18-10-22(30)7-8-24(18)29)19-11-20(27(32,33)34)13-23(31)12-19/h1-13,16,36H,14-15H2. The molecule has 1 N–H and O–H groups in total. The van der Waals surface area contributed by atoms with Crippen LogP contribution in [0.2, 0.25) is 10.0 Å². The monoisotopic (exact) mass is 536 g/mol. The predicted octanol–water partition coefficient (Wildman–Crippen LogP) is 7.96. The van der Waals surface area contributed by atoms with Crippen molar-refractivity contribution >= 4 is 23.2 Å². The van der Waals surface area contributed by atoms with Crippen LogP contribution in [0.15, 0.2) is 85.1 Å². The Morgan fingerprint density at radius 1 is 0.778 bits per heavy atom. The lowest BCUT2D eigenvalue weighted by molar-refractivity contribution is -0.137. The van der Waals surface area contributed by atoms with Crippen LogP contribution >= 0.6 is 23.2 Å². The Kier molecular flexibility index (Phi) is 7.64. The minimum atomic E-state index is -4.78. The average Bonchev–Trinajstić information content (AvgIpc) is 2.84. The second kappa shape index (κ2) is 10.5. The molecule has 4 rings (SSSR count). The Balaban J connectivity index is 1.94. The molecule has 1 heterocycles. The number of nitrogens with one attached hydrogen (secondary N) is 1. The molecule has 2 nitrogen and oxygen atoms in total. The van der Waals surface area contributed by atoms with E-state index in [2.05, 4.69) is 10.3 Å². The molecule has 1 atom stereocenters. The summed E-state index contributed by atoms with van der Waals surface area (Å²) in [5.41, 5.74) is -1.22. The third-order valence-electron chi connectivity index (χ3n) is 5.78. The van der Waals surface area contributed by atoms with E-state index >= 15 is 0 Å². The second-order valence-electron chi connectivity index (χ2n) is 8.24. The van der Waals surface area contributed by atoms with Crippen molar-refractivity contribution in [1.29, 1.82) is 0 Å². The lowest BCUT2D eigenvalue weighted by atomic mass is 9.79. The molecule has 0 fully saturated rings. The summed E-state index contributed by atoms with van der Waals surface area (Å²) in [5.74, 6) is -1.59. The Hall–Kier alpha value is -3.00. The smallest absolute Gasteiger partial charge is 0.298 e. The van der Waals surface area contributed by atoms with Gasteiger partial charge in [0.05, 0.1) is 21.8 Å². The fourth-order valence-electron chi connectivity index (χ4n) is 4.05. The molecule has 1 aromatic heterocycles. The summed E-state index contributed by atoms with van der Waals surface area (Å²) in [4.78, 5) is 4.39. The van der Waals surface area contributed by atoms with Gasteiger partial charge in [0.25, 0.3) is 0 Å². The van der Waals surface area contributed by atoms with Gasteiger partial charge in [-0.05, 0) is 65.2 Å². The van der Waals surface area contributed by atoms with Crippen LogP contribution in [0.3, 0.4) is 0 Å². The quantitative estimate of drug-likeness (QED) is 0.242. The van der Waals surface area contributed by atoms with Gasteiger partial charge in [-0.1, -0.05) is 53.5 Å². The molecule has 0 spiro atoms. The molecule has 9 heteroatoms. The largest absolute Gasteiger partial charge is 0.416 e. The van der Waals surface area contributed by atoms with E-state index in [9.17, 15) is 22.0 Å². The lowest BCUT2D eigenvalue weighted by Crippen LogP contribution is -2.46. The van der Waals surface area contributed by atoms with E-state index in [1.807, 2.05) is 0 Å². The van der Waals surface area contributed by atoms with Gasteiger partial charge in [-0.3, -0.25) is 10.3 Å². The first-order valence-electron chi connectivity index (χ1n) is 10.8. The Labute approximate surface area is 214 Å². The van der Waals surface area contributed by atoms with E-state index in [1.165, 1.54) is 24.4 Å². The zero-order chi connectivity index (χ0) is 25.9. The van der Waals surface area contributed by atoms with Crippen LogP contribution in [-0.4, -0.2) is 4.98 Å². The Bertz CT molecular complexity index is 1340. The minimum Gasteiger partial charge on any atom is -0.298 e. The Morgan fingerprint density at radius 3 is 2.17 bits per heavy atom. The maximum absolute atomic E-state index is 14.6. The molecule has 1 unspecified atom stereocenters. The van der Waals surface area contributed by atoms with Crippen molar-refractivity contribution < 1.29 is 22.0 Å². The highest BCUT2D eigenvalue weighted by Crippen LogP contribution is 2.38. The van der Waals surface area contributed by atoms with Gasteiger partial charge in [-0.2, -0.15) is 13.2 Å². The summed E-state index contributed by atoms with van der Waals surface area (Å²) in [6, 6.07) is 18.2. The number of rotatable bonds is 7. The van der Waals surface area contributed by atoms with Gasteiger partial charge in [-0.15, -0.1) is 0 Å². The number of aromatic nitrogens is 1. The van der Waals surface area contributed by atoms with Gasteiger partial charge in [0.2, 0.25) is 0 Å². The van der Waals surface area contributed by atoms with Crippen molar-refractivity contribution in [3.63, 3.8) is 0 Å². The molecule has 0 bridgehead atoms. The fraction of sp³-hybridized carbons (Fsp3) is 0.148. The molecule has 0 saturated heterocycles. The van der Waals surface area contributed by atoms with Gasteiger partial charge in [0.15, 0.2) is 0 Å². The van der Waals surface area contributed by atoms with Crippen molar-refractivity contribution in [1.82, 2.24) is 10.3 Å². The molecule has 4 aromatic rings. The molecule has 0 amide bonds. The molecular weight excluding hydrogens is 518 g/mol. The number of pyridine rings is 1. The van der Waals surface area contributed by atoms with Crippen molar-refractivity contribution in [3.05, 3.63) is 135 Å². The molecule has 0 aliphatic rings. The predicted molar refractivity (Wildman–Crippen MR) is 130 cm³/mol. The molecular formula is C27H19Cl2F5N2. The van der Waals surface area contributed by atoms with Crippen LogP contribution in [0, 0.1) is 11.6 Å². The summed E-state index contributed by atoms with van der Waals surface area (Å²) < 4.78 is 69.7. The third kappa shape index (κ3) is 5.86. The summed E-state index contributed by atoms with van der Waals surface area (Å²) in [6.07, 6.45) is -3.33. The molecule has 0 saturated carbocycles. The summed E-state index contributed by atoms with van der Waals surface area (Å²) in [6.45, 7) is -0.0500. The van der Waals surface area contributed by atoms with E-state index in [0.29, 0.717) is 22.3 Å². The van der Waals surface area contributed by atoms with Crippen molar-refractivity contribution in [2.75, 3.05) is 0 Å². The van der Waals surface area contributed by atoms with E-state index in [-0.39, 0.29) is 23.6 Å². The lowest BCUT2D eigenvalue weighted by Gasteiger charge is -2.36. The van der Waals surface area contributed by atoms with Gasteiger partial charge in [0.1, 0.15) is 11.6 Å². The normalized spacial score (nSPS) is 13.4. The second-order valence-corrected chi connectivity index (χ2v) is 9.09. The molecule has 3 aromatic carbocycles. The molecule has 186 valence electrons. The average molecular weight is 537 g/mol. The summed E-state index contributed by atoms with van der Waals surface area (Å²) >= 11 is 12.3. The maximum atomic E-state index is 14.6. The van der Waals surface area contributed by atoms with E-state index < -0.39 is 28.9 Å². The maximum Gasteiger partial charge on any atom is 0.416 e. The van der Waals surface area contributed by atoms with Gasteiger partial charge >= 0.3 is 6.18 Å². The first kappa shape index (κ1) is 26.1. The van der Waals surface area contributed by atoms with Gasteiger partial charge in [0, 0.05) is 24.2 Å². The van der Waals surface area contributed by atoms with Crippen molar-refractivity contribution in [2.24, 2.45) is 0 Å². The number of alkyl halides is 3. The van der Waals surface area contributed by atoms with Crippen LogP contribution in [-0.2, 0) is 24.7 Å². The fourth-order valence-corrected chi connectivity index (χ4v) is 4.35. The van der Waals surface area contributed by atoms with Crippen LogP contribution in [0.4, 0.5) is 22.0 Å².